The normalized spacial score (nSPS) is 14.5. The van der Waals surface area contributed by atoms with E-state index in [0.29, 0.717) is 46.9 Å². The molecule has 1 N–H and O–H groups in total. The molecule has 0 saturated carbocycles. The first-order valence-corrected chi connectivity index (χ1v) is 12.7. The second-order valence-corrected chi connectivity index (χ2v) is 10.3. The molecule has 0 spiro atoms. The molecule has 1 atom stereocenters. The molecule has 0 radical (unpaired) electrons. The largest absolute Gasteiger partial charge is 0.348 e. The van der Waals surface area contributed by atoms with Gasteiger partial charge in [-0.15, -0.1) is 11.3 Å². The molecule has 7 nitrogen and oxygen atoms in total. The van der Waals surface area contributed by atoms with Crippen LogP contribution in [0.2, 0.25) is 5.02 Å². The van der Waals surface area contributed by atoms with Crippen molar-refractivity contribution in [3.8, 4) is 0 Å². The van der Waals surface area contributed by atoms with Crippen LogP contribution in [0.1, 0.15) is 51.4 Å². The third kappa shape index (κ3) is 4.94. The van der Waals surface area contributed by atoms with Gasteiger partial charge in [0.05, 0.1) is 22.5 Å². The third-order valence-electron chi connectivity index (χ3n) is 6.23. The molecule has 4 heterocycles. The second kappa shape index (κ2) is 9.91. The number of likely N-dealkylation sites (tertiary alicyclic amines) is 1. The van der Waals surface area contributed by atoms with E-state index in [1.54, 1.807) is 35.4 Å². The van der Waals surface area contributed by atoms with Gasteiger partial charge in [0.15, 0.2) is 11.5 Å². The molecule has 3 aromatic heterocycles. The maximum Gasteiger partial charge on any atom is 0.274 e. The number of rotatable bonds is 7. The molecule has 10 heteroatoms. The third-order valence-corrected chi connectivity index (χ3v) is 7.56. The molecule has 4 aromatic rings. The number of hydrogen-bond donors (Lipinski definition) is 1. The van der Waals surface area contributed by atoms with E-state index in [-0.39, 0.29) is 29.6 Å². The van der Waals surface area contributed by atoms with Crippen LogP contribution in [0.25, 0.3) is 10.2 Å². The molecule has 36 heavy (non-hydrogen) atoms. The van der Waals surface area contributed by atoms with Crippen molar-refractivity contribution in [2.24, 2.45) is 5.92 Å². The van der Waals surface area contributed by atoms with Crippen LogP contribution >= 0.6 is 22.9 Å². The van der Waals surface area contributed by atoms with Gasteiger partial charge in [-0.25, -0.2) is 14.4 Å². The number of thiophene rings is 1. The Labute approximate surface area is 216 Å². The van der Waals surface area contributed by atoms with Gasteiger partial charge in [0.1, 0.15) is 5.82 Å². The summed E-state index contributed by atoms with van der Waals surface area (Å²) in [7, 11) is 0. The second-order valence-electron chi connectivity index (χ2n) is 9.01. The lowest BCUT2D eigenvalue weighted by Crippen LogP contribution is -2.50. The van der Waals surface area contributed by atoms with Gasteiger partial charge in [0.25, 0.3) is 5.91 Å². The lowest BCUT2D eigenvalue weighted by Gasteiger charge is -2.38. The van der Waals surface area contributed by atoms with Gasteiger partial charge in [-0.1, -0.05) is 23.7 Å². The molecule has 1 aromatic carbocycles. The summed E-state index contributed by atoms with van der Waals surface area (Å²) in [6.45, 7) is 4.75. The molecular formula is C26H23ClFN5O2S. The number of aryl methyl sites for hydroxylation is 1. The first-order valence-electron chi connectivity index (χ1n) is 11.5. The topological polar surface area (TPSA) is 88.1 Å². The molecule has 0 unspecified atom stereocenters. The molecule has 1 amide bonds. The van der Waals surface area contributed by atoms with E-state index in [1.807, 2.05) is 19.2 Å². The number of nitrogens with zero attached hydrogens (tertiary/aromatic N) is 4. The van der Waals surface area contributed by atoms with Gasteiger partial charge in [-0.3, -0.25) is 14.6 Å². The number of Topliss-reactive ketones (excluding diaryl/α,β-unsaturated/α-hetero) is 1. The lowest BCUT2D eigenvalue weighted by atomic mass is 9.91. The van der Waals surface area contributed by atoms with Crippen LogP contribution in [-0.4, -0.2) is 44.6 Å². The monoisotopic (exact) mass is 523 g/mol. The van der Waals surface area contributed by atoms with Crippen LogP contribution in [0.4, 0.5) is 10.3 Å². The predicted octanol–water partition coefficient (Wildman–Crippen LogP) is 5.71. The highest BCUT2D eigenvalue weighted by atomic mass is 35.5. The van der Waals surface area contributed by atoms with E-state index in [4.69, 9.17) is 11.6 Å². The van der Waals surface area contributed by atoms with Gasteiger partial charge < -0.3 is 10.2 Å². The minimum atomic E-state index is -0.428. The maximum absolute atomic E-state index is 13.6. The van der Waals surface area contributed by atoms with Crippen molar-refractivity contribution in [2.45, 2.75) is 26.3 Å². The average molecular weight is 524 g/mol. The van der Waals surface area contributed by atoms with E-state index in [1.165, 1.54) is 17.4 Å². The van der Waals surface area contributed by atoms with Crippen molar-refractivity contribution < 1.29 is 14.0 Å². The van der Waals surface area contributed by atoms with E-state index in [9.17, 15) is 14.0 Å². The highest BCUT2D eigenvalue weighted by Crippen LogP contribution is 2.31. The Morgan fingerprint density at radius 3 is 2.81 bits per heavy atom. The molecule has 0 bridgehead atoms. The van der Waals surface area contributed by atoms with Crippen molar-refractivity contribution in [3.05, 3.63) is 81.3 Å². The number of benzene rings is 1. The van der Waals surface area contributed by atoms with Crippen LogP contribution in [0.3, 0.4) is 0 Å². The Morgan fingerprint density at radius 2 is 2.06 bits per heavy atom. The van der Waals surface area contributed by atoms with Crippen molar-refractivity contribution in [1.82, 2.24) is 19.9 Å². The molecule has 1 saturated heterocycles. The number of hydrogen-bond acceptors (Lipinski definition) is 7. The fourth-order valence-electron chi connectivity index (χ4n) is 4.24. The fourth-order valence-corrected chi connectivity index (χ4v) is 5.40. The zero-order chi connectivity index (χ0) is 25.4. The lowest BCUT2D eigenvalue weighted by molar-refractivity contribution is 0.0466. The number of ketones is 1. The van der Waals surface area contributed by atoms with E-state index in [0.717, 1.165) is 16.5 Å². The van der Waals surface area contributed by atoms with Gasteiger partial charge in [0.2, 0.25) is 5.95 Å². The Balaban J connectivity index is 1.31. The molecule has 1 aliphatic rings. The number of fused-ring (bicyclic) bond motifs is 1. The number of aromatic nitrogens is 3. The minimum absolute atomic E-state index is 0.0141. The van der Waals surface area contributed by atoms with E-state index < -0.39 is 5.82 Å². The number of nitrogens with one attached hydrogen (secondary N) is 1. The molecule has 1 aliphatic heterocycles. The summed E-state index contributed by atoms with van der Waals surface area (Å²) < 4.78 is 14.3. The highest BCUT2D eigenvalue weighted by molar-refractivity contribution is 7.17. The van der Waals surface area contributed by atoms with Gasteiger partial charge in [-0.2, -0.15) is 0 Å². The van der Waals surface area contributed by atoms with Crippen LogP contribution in [-0.2, 0) is 0 Å². The molecule has 5 rings (SSSR count). The van der Waals surface area contributed by atoms with Crippen molar-refractivity contribution in [3.63, 3.8) is 0 Å². The summed E-state index contributed by atoms with van der Waals surface area (Å²) in [4.78, 5) is 40.8. The van der Waals surface area contributed by atoms with Gasteiger partial charge in [-0.05, 0) is 48.6 Å². The average Bonchev–Trinajstić information content (AvgIpc) is 3.20. The number of halogens is 2. The molecule has 184 valence electrons. The Hall–Kier alpha value is -3.43. The van der Waals surface area contributed by atoms with Crippen LogP contribution in [0, 0.1) is 18.7 Å². The summed E-state index contributed by atoms with van der Waals surface area (Å²) in [6.07, 6.45) is 3.08. The van der Waals surface area contributed by atoms with Gasteiger partial charge in [0, 0.05) is 42.2 Å². The number of amides is 1. The number of carbonyl (C=O) groups excluding carboxylic acids is 2. The van der Waals surface area contributed by atoms with Crippen LogP contribution in [0.5, 0.6) is 0 Å². The fraction of sp³-hybridized carbons (Fsp3) is 0.269. The van der Waals surface area contributed by atoms with Crippen LogP contribution < -0.4 is 5.32 Å². The Bertz CT molecular complexity index is 1470. The molecular weight excluding hydrogens is 501 g/mol. The standard InChI is InChI=1S/C26H23ClFN5O2S/c1-14-13-36-24-22(14)31-26(30-15(2)18-8-20(28)10-29-9-18)32-23(24)25(35)33-11-16(12-33)6-21(34)17-4-3-5-19(27)7-17/h3-5,7-10,13,15-16H,6,11-12H2,1-2H3,(H,30,31,32)/t15-/m0/s1. The van der Waals surface area contributed by atoms with E-state index in [2.05, 4.69) is 20.3 Å². The highest BCUT2D eigenvalue weighted by Gasteiger charge is 2.34. The maximum atomic E-state index is 13.6. The SMILES string of the molecule is Cc1csc2c(C(=O)N3CC(CC(=O)c4cccc(Cl)c4)C3)nc(N[C@@H](C)c3cncc(F)c3)nc12. The van der Waals surface area contributed by atoms with Crippen molar-refractivity contribution >= 4 is 50.8 Å². The smallest absolute Gasteiger partial charge is 0.274 e. The quantitative estimate of drug-likeness (QED) is 0.312. The van der Waals surface area contributed by atoms with Crippen molar-refractivity contribution in [2.75, 3.05) is 18.4 Å². The number of pyridine rings is 1. The van der Waals surface area contributed by atoms with Gasteiger partial charge >= 0.3 is 0 Å². The zero-order valence-electron chi connectivity index (χ0n) is 19.7. The van der Waals surface area contributed by atoms with Crippen molar-refractivity contribution in [1.29, 1.82) is 0 Å². The number of carbonyl (C=O) groups is 2. The Morgan fingerprint density at radius 1 is 1.25 bits per heavy atom. The summed E-state index contributed by atoms with van der Waals surface area (Å²) in [5.41, 5.74) is 3.20. The first kappa shape index (κ1) is 24.3. The minimum Gasteiger partial charge on any atom is -0.348 e. The summed E-state index contributed by atoms with van der Waals surface area (Å²) >= 11 is 7.43. The Kier molecular flexibility index (Phi) is 6.68. The summed E-state index contributed by atoms with van der Waals surface area (Å²) in [5, 5.41) is 5.64. The molecule has 1 fully saturated rings. The van der Waals surface area contributed by atoms with Crippen LogP contribution in [0.15, 0.2) is 48.1 Å². The predicted molar refractivity (Wildman–Crippen MR) is 138 cm³/mol. The molecule has 0 aliphatic carbocycles. The summed E-state index contributed by atoms with van der Waals surface area (Å²) in [6, 6.07) is 7.98. The zero-order valence-corrected chi connectivity index (χ0v) is 21.2. The number of anilines is 1. The first-order chi connectivity index (χ1) is 17.3. The summed E-state index contributed by atoms with van der Waals surface area (Å²) in [5.74, 6) is -0.236. The van der Waals surface area contributed by atoms with E-state index >= 15 is 0 Å².